The molecule has 3 nitrogen and oxygen atoms in total. The predicted octanol–water partition coefficient (Wildman–Crippen LogP) is 3.28. The first kappa shape index (κ1) is 15.7. The number of nitrogens with two attached hydrogens (primary N) is 1. The molecular formula is C16H25NO2. The van der Waals surface area contributed by atoms with Gasteiger partial charge in [-0.25, -0.2) is 0 Å². The Morgan fingerprint density at radius 2 is 1.95 bits per heavy atom. The summed E-state index contributed by atoms with van der Waals surface area (Å²) in [7, 11) is 0. The van der Waals surface area contributed by atoms with Crippen LogP contribution >= 0.6 is 0 Å². The predicted molar refractivity (Wildman–Crippen MR) is 77.5 cm³/mol. The molecule has 2 N–H and O–H groups in total. The van der Waals surface area contributed by atoms with E-state index in [2.05, 4.69) is 6.92 Å². The van der Waals surface area contributed by atoms with Gasteiger partial charge in [-0.05, 0) is 30.9 Å². The third-order valence-corrected chi connectivity index (χ3v) is 3.27. The average Bonchev–Trinajstić information content (AvgIpc) is 2.44. The lowest BCUT2D eigenvalue weighted by molar-refractivity contribution is -0.145. The highest BCUT2D eigenvalue weighted by atomic mass is 16.5. The molecule has 106 valence electrons. The van der Waals surface area contributed by atoms with Gasteiger partial charge in [0.2, 0.25) is 0 Å². The topological polar surface area (TPSA) is 52.3 Å². The molecule has 0 fully saturated rings. The molecular weight excluding hydrogens is 238 g/mol. The minimum Gasteiger partial charge on any atom is -0.461 e. The number of benzene rings is 1. The van der Waals surface area contributed by atoms with Crippen molar-refractivity contribution in [2.75, 3.05) is 6.54 Å². The van der Waals surface area contributed by atoms with Crippen LogP contribution < -0.4 is 5.73 Å². The van der Waals surface area contributed by atoms with Gasteiger partial charge in [0.25, 0.3) is 0 Å². The molecule has 0 bridgehead atoms. The van der Waals surface area contributed by atoms with E-state index in [1.54, 1.807) is 0 Å². The first-order valence-electron chi connectivity index (χ1n) is 7.15. The Morgan fingerprint density at radius 3 is 2.58 bits per heavy atom. The minimum absolute atomic E-state index is 0.109. The van der Waals surface area contributed by atoms with Crippen LogP contribution in [0, 0.1) is 5.92 Å². The van der Waals surface area contributed by atoms with E-state index in [1.165, 1.54) is 0 Å². The van der Waals surface area contributed by atoms with Crippen LogP contribution in [0.5, 0.6) is 0 Å². The van der Waals surface area contributed by atoms with Crippen molar-refractivity contribution in [2.45, 2.75) is 45.6 Å². The van der Waals surface area contributed by atoms with Crippen molar-refractivity contribution in [1.29, 1.82) is 0 Å². The van der Waals surface area contributed by atoms with Crippen molar-refractivity contribution in [3.05, 3.63) is 35.9 Å². The Kier molecular flexibility index (Phi) is 7.91. The Morgan fingerprint density at radius 1 is 1.21 bits per heavy atom. The first-order chi connectivity index (χ1) is 9.26. The van der Waals surface area contributed by atoms with Crippen LogP contribution in [0.3, 0.4) is 0 Å². The SMILES string of the molecule is CCCC(CCN)CCC(=O)OCc1ccccc1. The van der Waals surface area contributed by atoms with Crippen LogP contribution in [0.2, 0.25) is 0 Å². The minimum atomic E-state index is -0.109. The van der Waals surface area contributed by atoms with Crippen LogP contribution in [0.25, 0.3) is 0 Å². The number of carbonyl (C=O) groups excluding carboxylic acids is 1. The monoisotopic (exact) mass is 263 g/mol. The summed E-state index contributed by atoms with van der Waals surface area (Å²) in [6.07, 6.45) is 4.67. The first-order valence-corrected chi connectivity index (χ1v) is 7.15. The van der Waals surface area contributed by atoms with Crippen LogP contribution in [0.15, 0.2) is 30.3 Å². The van der Waals surface area contributed by atoms with Gasteiger partial charge in [0.1, 0.15) is 6.61 Å². The molecule has 1 rings (SSSR count). The third-order valence-electron chi connectivity index (χ3n) is 3.27. The van der Waals surface area contributed by atoms with Gasteiger partial charge < -0.3 is 10.5 Å². The van der Waals surface area contributed by atoms with Gasteiger partial charge >= 0.3 is 5.97 Å². The molecule has 0 heterocycles. The van der Waals surface area contributed by atoms with E-state index in [0.717, 1.165) is 31.2 Å². The van der Waals surface area contributed by atoms with Crippen LogP contribution in [0.4, 0.5) is 0 Å². The molecule has 3 heteroatoms. The average molecular weight is 263 g/mol. The lowest BCUT2D eigenvalue weighted by atomic mass is 9.94. The van der Waals surface area contributed by atoms with Crippen molar-refractivity contribution in [1.82, 2.24) is 0 Å². The van der Waals surface area contributed by atoms with E-state index in [0.29, 0.717) is 25.5 Å². The number of carbonyl (C=O) groups is 1. The largest absolute Gasteiger partial charge is 0.461 e. The van der Waals surface area contributed by atoms with Gasteiger partial charge in [0, 0.05) is 6.42 Å². The fourth-order valence-electron chi connectivity index (χ4n) is 2.21. The van der Waals surface area contributed by atoms with E-state index >= 15 is 0 Å². The van der Waals surface area contributed by atoms with E-state index < -0.39 is 0 Å². The second kappa shape index (κ2) is 9.56. The Bertz CT molecular complexity index is 345. The van der Waals surface area contributed by atoms with Crippen molar-refractivity contribution in [3.63, 3.8) is 0 Å². The fourth-order valence-corrected chi connectivity index (χ4v) is 2.21. The summed E-state index contributed by atoms with van der Waals surface area (Å²) in [6.45, 7) is 3.23. The lowest BCUT2D eigenvalue weighted by Crippen LogP contribution is -2.12. The second-order valence-corrected chi connectivity index (χ2v) is 4.92. The van der Waals surface area contributed by atoms with Gasteiger partial charge in [-0.2, -0.15) is 0 Å². The van der Waals surface area contributed by atoms with Crippen LogP contribution in [-0.4, -0.2) is 12.5 Å². The zero-order valence-corrected chi connectivity index (χ0v) is 11.8. The molecule has 0 saturated heterocycles. The van der Waals surface area contributed by atoms with Crippen LogP contribution in [0.1, 0.15) is 44.6 Å². The maximum atomic E-state index is 11.7. The summed E-state index contributed by atoms with van der Waals surface area (Å²) in [5, 5.41) is 0. The zero-order chi connectivity index (χ0) is 13.9. The van der Waals surface area contributed by atoms with Gasteiger partial charge in [-0.1, -0.05) is 50.1 Å². The highest BCUT2D eigenvalue weighted by molar-refractivity contribution is 5.69. The zero-order valence-electron chi connectivity index (χ0n) is 11.8. The number of rotatable bonds is 9. The van der Waals surface area contributed by atoms with E-state index in [1.807, 2.05) is 30.3 Å². The Labute approximate surface area is 116 Å². The van der Waals surface area contributed by atoms with Gasteiger partial charge in [0.05, 0.1) is 0 Å². The molecule has 1 atom stereocenters. The molecule has 0 aliphatic rings. The molecule has 0 aliphatic carbocycles. The van der Waals surface area contributed by atoms with Crippen molar-refractivity contribution in [3.8, 4) is 0 Å². The standard InChI is InChI=1S/C16H25NO2/c1-2-6-14(11-12-17)9-10-16(18)19-13-15-7-4-3-5-8-15/h3-5,7-8,14H,2,6,9-13,17H2,1H3. The van der Waals surface area contributed by atoms with Crippen LogP contribution in [-0.2, 0) is 16.1 Å². The molecule has 1 unspecified atom stereocenters. The molecule has 19 heavy (non-hydrogen) atoms. The molecule has 0 aliphatic heterocycles. The van der Waals surface area contributed by atoms with Gasteiger partial charge in [0.15, 0.2) is 0 Å². The molecule has 0 saturated carbocycles. The lowest BCUT2D eigenvalue weighted by Gasteiger charge is -2.14. The molecule has 0 aromatic heterocycles. The summed E-state index contributed by atoms with van der Waals surface area (Å²) < 4.78 is 5.26. The van der Waals surface area contributed by atoms with Gasteiger partial charge in [-0.15, -0.1) is 0 Å². The highest BCUT2D eigenvalue weighted by Crippen LogP contribution is 2.17. The van der Waals surface area contributed by atoms with E-state index in [-0.39, 0.29) is 5.97 Å². The van der Waals surface area contributed by atoms with Gasteiger partial charge in [-0.3, -0.25) is 4.79 Å². The summed E-state index contributed by atoms with van der Waals surface area (Å²) in [5.74, 6) is 0.446. The van der Waals surface area contributed by atoms with E-state index in [4.69, 9.17) is 10.5 Å². The summed E-state index contributed by atoms with van der Waals surface area (Å²) in [5.41, 5.74) is 6.62. The summed E-state index contributed by atoms with van der Waals surface area (Å²) >= 11 is 0. The number of hydrogen-bond acceptors (Lipinski definition) is 3. The fraction of sp³-hybridized carbons (Fsp3) is 0.562. The number of ether oxygens (including phenoxy) is 1. The Hall–Kier alpha value is -1.35. The summed E-state index contributed by atoms with van der Waals surface area (Å²) in [6, 6.07) is 9.76. The normalized spacial score (nSPS) is 12.1. The van der Waals surface area contributed by atoms with Crippen molar-refractivity contribution in [2.24, 2.45) is 11.7 Å². The quantitative estimate of drug-likeness (QED) is 0.696. The third kappa shape index (κ3) is 6.97. The maximum Gasteiger partial charge on any atom is 0.306 e. The second-order valence-electron chi connectivity index (χ2n) is 4.92. The molecule has 0 radical (unpaired) electrons. The molecule has 1 aromatic rings. The molecule has 0 spiro atoms. The molecule has 1 aromatic carbocycles. The molecule has 0 amide bonds. The highest BCUT2D eigenvalue weighted by Gasteiger charge is 2.11. The van der Waals surface area contributed by atoms with Crippen molar-refractivity contribution >= 4 is 5.97 Å². The number of hydrogen-bond donors (Lipinski definition) is 1. The summed E-state index contributed by atoms with van der Waals surface area (Å²) in [4.78, 5) is 11.7. The van der Waals surface area contributed by atoms with Crippen molar-refractivity contribution < 1.29 is 9.53 Å². The number of esters is 1. The maximum absolute atomic E-state index is 11.7. The van der Waals surface area contributed by atoms with E-state index in [9.17, 15) is 4.79 Å². The Balaban J connectivity index is 2.23. The smallest absolute Gasteiger partial charge is 0.306 e.